The number of alkyl halides is 1. The van der Waals surface area contributed by atoms with Gasteiger partial charge in [0.25, 0.3) is 0 Å². The predicted molar refractivity (Wildman–Crippen MR) is 66.3 cm³/mol. The molecule has 1 fully saturated rings. The zero-order valence-electron chi connectivity index (χ0n) is 9.49. The minimum atomic E-state index is 0.692. The second-order valence-electron chi connectivity index (χ2n) is 4.98. The zero-order valence-corrected chi connectivity index (χ0v) is 10.2. The molecule has 15 heavy (non-hydrogen) atoms. The summed E-state index contributed by atoms with van der Waals surface area (Å²) < 4.78 is 0. The van der Waals surface area contributed by atoms with Crippen molar-refractivity contribution in [3.63, 3.8) is 0 Å². The molecule has 0 aromatic heterocycles. The first-order chi connectivity index (χ1) is 7.24. The minimum Gasteiger partial charge on any atom is -0.126 e. The maximum absolute atomic E-state index is 6.05. The van der Waals surface area contributed by atoms with E-state index in [1.54, 1.807) is 0 Å². The van der Waals surface area contributed by atoms with Crippen molar-refractivity contribution in [2.45, 2.75) is 26.2 Å². The fourth-order valence-corrected chi connectivity index (χ4v) is 3.14. The summed E-state index contributed by atoms with van der Waals surface area (Å²) in [5.74, 6) is 3.81. The monoisotopic (exact) mass is 222 g/mol. The van der Waals surface area contributed by atoms with Crippen molar-refractivity contribution in [1.82, 2.24) is 0 Å². The van der Waals surface area contributed by atoms with Gasteiger partial charge in [-0.3, -0.25) is 0 Å². The molecular formula is C14H19Cl. The van der Waals surface area contributed by atoms with E-state index in [0.29, 0.717) is 11.8 Å². The van der Waals surface area contributed by atoms with E-state index in [1.165, 1.54) is 12.0 Å². The van der Waals surface area contributed by atoms with Crippen molar-refractivity contribution in [1.29, 1.82) is 0 Å². The lowest BCUT2D eigenvalue weighted by Crippen LogP contribution is -2.13. The molecule has 0 radical (unpaired) electrons. The number of rotatable bonds is 4. The summed E-state index contributed by atoms with van der Waals surface area (Å²) in [6.07, 6.45) is 1.33. The fourth-order valence-electron chi connectivity index (χ4n) is 2.56. The standard InChI is InChI=1S/C14H19Cl/c1-10(2)14(9-15)13-8-12(13)11-6-4-3-5-7-11/h3-7,10,12-14H,8-9H2,1-2H3. The molecule has 1 aromatic carbocycles. The highest BCUT2D eigenvalue weighted by molar-refractivity contribution is 6.18. The maximum atomic E-state index is 6.05. The molecule has 0 saturated heterocycles. The Morgan fingerprint density at radius 2 is 1.93 bits per heavy atom. The van der Waals surface area contributed by atoms with Gasteiger partial charge in [0.15, 0.2) is 0 Å². The normalized spacial score (nSPS) is 26.7. The highest BCUT2D eigenvalue weighted by Gasteiger charge is 2.44. The van der Waals surface area contributed by atoms with Gasteiger partial charge in [-0.2, -0.15) is 0 Å². The van der Waals surface area contributed by atoms with E-state index in [9.17, 15) is 0 Å². The molecule has 0 aliphatic heterocycles. The largest absolute Gasteiger partial charge is 0.126 e. The fraction of sp³-hybridized carbons (Fsp3) is 0.571. The van der Waals surface area contributed by atoms with Crippen molar-refractivity contribution < 1.29 is 0 Å². The van der Waals surface area contributed by atoms with Gasteiger partial charge in [0, 0.05) is 5.88 Å². The van der Waals surface area contributed by atoms with Crippen LogP contribution in [0.25, 0.3) is 0 Å². The van der Waals surface area contributed by atoms with E-state index in [4.69, 9.17) is 11.6 Å². The Morgan fingerprint density at radius 1 is 1.27 bits per heavy atom. The summed E-state index contributed by atoms with van der Waals surface area (Å²) in [5.41, 5.74) is 1.50. The lowest BCUT2D eigenvalue weighted by molar-refractivity contribution is 0.371. The first kappa shape index (κ1) is 11.0. The maximum Gasteiger partial charge on any atom is 0.0257 e. The molecule has 1 aromatic rings. The van der Waals surface area contributed by atoms with Gasteiger partial charge in [0.05, 0.1) is 0 Å². The van der Waals surface area contributed by atoms with Crippen LogP contribution in [0.1, 0.15) is 31.7 Å². The molecule has 0 spiro atoms. The molecule has 1 aliphatic rings. The Morgan fingerprint density at radius 3 is 2.47 bits per heavy atom. The van der Waals surface area contributed by atoms with Crippen LogP contribution in [-0.4, -0.2) is 5.88 Å². The molecule has 0 nitrogen and oxygen atoms in total. The van der Waals surface area contributed by atoms with Crippen LogP contribution in [0.4, 0.5) is 0 Å². The summed E-state index contributed by atoms with van der Waals surface area (Å²) in [4.78, 5) is 0. The van der Waals surface area contributed by atoms with Gasteiger partial charge in [-0.1, -0.05) is 44.2 Å². The number of benzene rings is 1. The van der Waals surface area contributed by atoms with Crippen LogP contribution in [0, 0.1) is 17.8 Å². The molecule has 82 valence electrons. The summed E-state index contributed by atoms with van der Waals surface area (Å²) in [7, 11) is 0. The average molecular weight is 223 g/mol. The second-order valence-corrected chi connectivity index (χ2v) is 5.29. The first-order valence-corrected chi connectivity index (χ1v) is 6.38. The lowest BCUT2D eigenvalue weighted by atomic mass is 9.90. The molecule has 3 unspecified atom stereocenters. The van der Waals surface area contributed by atoms with Crippen molar-refractivity contribution >= 4 is 11.6 Å². The third-order valence-corrected chi connectivity index (χ3v) is 4.01. The molecule has 0 N–H and O–H groups in total. The van der Waals surface area contributed by atoms with Gasteiger partial charge in [-0.05, 0) is 35.7 Å². The Balaban J connectivity index is 2.01. The van der Waals surface area contributed by atoms with Crippen molar-refractivity contribution in [3.8, 4) is 0 Å². The smallest absolute Gasteiger partial charge is 0.0257 e. The van der Waals surface area contributed by atoms with Crippen molar-refractivity contribution in [2.75, 3.05) is 5.88 Å². The molecule has 0 bridgehead atoms. The molecule has 1 aliphatic carbocycles. The molecule has 0 amide bonds. The highest BCUT2D eigenvalue weighted by atomic mass is 35.5. The van der Waals surface area contributed by atoms with Crippen molar-refractivity contribution in [2.24, 2.45) is 17.8 Å². The van der Waals surface area contributed by atoms with E-state index in [2.05, 4.69) is 44.2 Å². The highest BCUT2D eigenvalue weighted by Crippen LogP contribution is 2.53. The van der Waals surface area contributed by atoms with E-state index >= 15 is 0 Å². The van der Waals surface area contributed by atoms with Crippen molar-refractivity contribution in [3.05, 3.63) is 35.9 Å². The Kier molecular flexibility index (Phi) is 3.35. The Bertz CT molecular complexity index is 304. The van der Waals surface area contributed by atoms with E-state index in [-0.39, 0.29) is 0 Å². The number of hydrogen-bond donors (Lipinski definition) is 0. The Hall–Kier alpha value is -0.490. The number of hydrogen-bond acceptors (Lipinski definition) is 0. The van der Waals surface area contributed by atoms with Crippen LogP contribution in [-0.2, 0) is 0 Å². The third kappa shape index (κ3) is 2.36. The van der Waals surface area contributed by atoms with Crippen LogP contribution in [0.2, 0.25) is 0 Å². The molecule has 1 heteroatoms. The molecule has 0 heterocycles. The quantitative estimate of drug-likeness (QED) is 0.667. The lowest BCUT2D eigenvalue weighted by Gasteiger charge is -2.17. The van der Waals surface area contributed by atoms with Gasteiger partial charge < -0.3 is 0 Å². The molecular weight excluding hydrogens is 204 g/mol. The number of halogens is 1. The second kappa shape index (κ2) is 4.57. The summed E-state index contributed by atoms with van der Waals surface area (Å²) >= 11 is 6.05. The van der Waals surface area contributed by atoms with E-state index in [0.717, 1.165) is 17.7 Å². The van der Waals surface area contributed by atoms with Gasteiger partial charge >= 0.3 is 0 Å². The third-order valence-electron chi connectivity index (χ3n) is 3.65. The van der Waals surface area contributed by atoms with Gasteiger partial charge in [0.2, 0.25) is 0 Å². The molecule has 1 saturated carbocycles. The SMILES string of the molecule is CC(C)C(CCl)C1CC1c1ccccc1. The minimum absolute atomic E-state index is 0.692. The summed E-state index contributed by atoms with van der Waals surface area (Å²) in [5, 5.41) is 0. The Labute approximate surface area is 97.6 Å². The van der Waals surface area contributed by atoms with Crippen LogP contribution >= 0.6 is 11.6 Å². The topological polar surface area (TPSA) is 0 Å². The predicted octanol–water partition coefficient (Wildman–Crippen LogP) is 4.30. The summed E-state index contributed by atoms with van der Waals surface area (Å²) in [6.45, 7) is 4.57. The van der Waals surface area contributed by atoms with Gasteiger partial charge in [-0.15, -0.1) is 11.6 Å². The van der Waals surface area contributed by atoms with E-state index in [1.807, 2.05) is 0 Å². The van der Waals surface area contributed by atoms with Crippen LogP contribution < -0.4 is 0 Å². The average Bonchev–Trinajstić information content (AvgIpc) is 3.00. The zero-order chi connectivity index (χ0) is 10.8. The summed E-state index contributed by atoms with van der Waals surface area (Å²) in [6, 6.07) is 10.8. The van der Waals surface area contributed by atoms with Gasteiger partial charge in [-0.25, -0.2) is 0 Å². The van der Waals surface area contributed by atoms with Crippen LogP contribution in [0.15, 0.2) is 30.3 Å². The van der Waals surface area contributed by atoms with Crippen LogP contribution in [0.3, 0.4) is 0 Å². The van der Waals surface area contributed by atoms with Gasteiger partial charge in [0.1, 0.15) is 0 Å². The molecule has 3 atom stereocenters. The molecule has 2 rings (SSSR count). The first-order valence-electron chi connectivity index (χ1n) is 5.85. The van der Waals surface area contributed by atoms with E-state index < -0.39 is 0 Å². The van der Waals surface area contributed by atoms with Crippen LogP contribution in [0.5, 0.6) is 0 Å².